The van der Waals surface area contributed by atoms with Crippen molar-refractivity contribution >= 4 is 29.3 Å². The van der Waals surface area contributed by atoms with E-state index in [9.17, 15) is 14.4 Å². The minimum absolute atomic E-state index is 0.0856. The van der Waals surface area contributed by atoms with Gasteiger partial charge in [0, 0.05) is 5.56 Å². The summed E-state index contributed by atoms with van der Waals surface area (Å²) in [5, 5.41) is -0.759. The molecule has 40 heavy (non-hydrogen) atoms. The van der Waals surface area contributed by atoms with Gasteiger partial charge in [-0.05, 0) is 90.6 Å². The number of carbonyl (C=O) groups is 3. The van der Waals surface area contributed by atoms with Crippen LogP contribution in [0.2, 0.25) is 0 Å². The Labute approximate surface area is 241 Å². The van der Waals surface area contributed by atoms with Crippen molar-refractivity contribution < 1.29 is 38.1 Å². The zero-order valence-electron chi connectivity index (χ0n) is 24.6. The van der Waals surface area contributed by atoms with Gasteiger partial charge in [0.05, 0.1) is 18.6 Å². The Morgan fingerprint density at radius 1 is 1.05 bits per heavy atom. The number of esters is 2. The van der Waals surface area contributed by atoms with Gasteiger partial charge in [0.1, 0.15) is 40.4 Å². The largest absolute Gasteiger partial charge is 0.489 e. The molecule has 0 aliphatic carbocycles. The summed E-state index contributed by atoms with van der Waals surface area (Å²) in [5.41, 5.74) is 2.00. The van der Waals surface area contributed by atoms with Crippen molar-refractivity contribution in [1.29, 1.82) is 0 Å². The number of ether oxygens (including phenoxy) is 5. The summed E-state index contributed by atoms with van der Waals surface area (Å²) >= 11 is 6.14. The molecule has 2 atom stereocenters. The van der Waals surface area contributed by atoms with Crippen LogP contribution in [-0.4, -0.2) is 54.1 Å². The smallest absolute Gasteiger partial charge is 0.344 e. The first-order chi connectivity index (χ1) is 18.6. The maximum atomic E-state index is 13.4. The van der Waals surface area contributed by atoms with Crippen molar-refractivity contribution in [3.63, 3.8) is 0 Å². The Morgan fingerprint density at radius 2 is 1.70 bits per heavy atom. The Bertz CT molecular complexity index is 1260. The second kappa shape index (κ2) is 12.5. The molecule has 3 rings (SSSR count). The molecule has 0 bridgehead atoms. The Morgan fingerprint density at radius 3 is 2.30 bits per heavy atom. The normalized spacial score (nSPS) is 17.4. The van der Waals surface area contributed by atoms with Gasteiger partial charge in [-0.2, -0.15) is 0 Å². The van der Waals surface area contributed by atoms with E-state index < -0.39 is 28.5 Å². The minimum atomic E-state index is -0.892. The molecule has 1 aliphatic heterocycles. The van der Waals surface area contributed by atoms with E-state index in [0.717, 1.165) is 16.7 Å². The van der Waals surface area contributed by atoms with E-state index in [1.54, 1.807) is 46.8 Å². The molecule has 0 saturated carbocycles. The number of halogens is 1. The summed E-state index contributed by atoms with van der Waals surface area (Å²) in [6, 6.07) is 7.26. The molecule has 2 aromatic carbocycles. The molecular weight excluding hydrogens is 536 g/mol. The van der Waals surface area contributed by atoms with Crippen molar-refractivity contribution in [3.8, 4) is 17.2 Å². The van der Waals surface area contributed by atoms with Crippen LogP contribution in [0.1, 0.15) is 73.7 Å². The number of rotatable bonds is 10. The van der Waals surface area contributed by atoms with Gasteiger partial charge in [-0.1, -0.05) is 12.1 Å². The second-order valence-corrected chi connectivity index (χ2v) is 11.8. The predicted molar refractivity (Wildman–Crippen MR) is 152 cm³/mol. The summed E-state index contributed by atoms with van der Waals surface area (Å²) in [4.78, 5) is 37.4. The summed E-state index contributed by atoms with van der Waals surface area (Å²) in [7, 11) is 0. The molecule has 2 unspecified atom stereocenters. The van der Waals surface area contributed by atoms with Crippen LogP contribution in [0.4, 0.5) is 0 Å². The Balaban J connectivity index is 1.71. The molecule has 0 saturated heterocycles. The fourth-order valence-electron chi connectivity index (χ4n) is 4.55. The van der Waals surface area contributed by atoms with E-state index in [1.165, 1.54) is 0 Å². The lowest BCUT2D eigenvalue weighted by Crippen LogP contribution is -2.45. The topological polar surface area (TPSA) is 97.4 Å². The summed E-state index contributed by atoms with van der Waals surface area (Å²) in [5.74, 6) is 0.579. The number of ketones is 1. The summed E-state index contributed by atoms with van der Waals surface area (Å²) in [6.07, 6.45) is 0.453. The zero-order chi connectivity index (χ0) is 29.8. The van der Waals surface area contributed by atoms with Gasteiger partial charge < -0.3 is 23.7 Å². The van der Waals surface area contributed by atoms with Gasteiger partial charge in [0.15, 0.2) is 12.4 Å². The van der Waals surface area contributed by atoms with Gasteiger partial charge in [0.25, 0.3) is 0 Å². The van der Waals surface area contributed by atoms with Crippen molar-refractivity contribution in [2.75, 3.05) is 19.8 Å². The van der Waals surface area contributed by atoms with Crippen molar-refractivity contribution in [1.82, 2.24) is 0 Å². The van der Waals surface area contributed by atoms with Crippen LogP contribution in [0.25, 0.3) is 0 Å². The molecule has 8 nitrogen and oxygen atoms in total. The van der Waals surface area contributed by atoms with Gasteiger partial charge in [-0.3, -0.25) is 9.59 Å². The first kappa shape index (κ1) is 31.3. The molecule has 0 radical (unpaired) electrons. The third-order valence-corrected chi connectivity index (χ3v) is 6.86. The molecule has 1 aliphatic rings. The van der Waals surface area contributed by atoms with E-state index in [2.05, 4.69) is 0 Å². The summed E-state index contributed by atoms with van der Waals surface area (Å²) < 4.78 is 28.6. The van der Waals surface area contributed by atoms with Crippen LogP contribution < -0.4 is 14.2 Å². The highest BCUT2D eigenvalue weighted by Gasteiger charge is 2.40. The monoisotopic (exact) mass is 574 g/mol. The molecule has 0 aromatic heterocycles. The van der Waals surface area contributed by atoms with Gasteiger partial charge in [0.2, 0.25) is 0 Å². The fourth-order valence-corrected chi connectivity index (χ4v) is 4.79. The molecule has 2 aromatic rings. The molecule has 9 heteroatoms. The van der Waals surface area contributed by atoms with E-state index in [0.29, 0.717) is 34.8 Å². The lowest BCUT2D eigenvalue weighted by Gasteiger charge is -2.37. The maximum absolute atomic E-state index is 13.4. The average Bonchev–Trinajstić information content (AvgIpc) is 2.85. The summed E-state index contributed by atoms with van der Waals surface area (Å²) in [6.45, 7) is 14.7. The minimum Gasteiger partial charge on any atom is -0.489 e. The lowest BCUT2D eigenvalue weighted by atomic mass is 9.86. The van der Waals surface area contributed by atoms with E-state index in [1.807, 2.05) is 32.9 Å². The molecule has 0 N–H and O–H groups in total. The zero-order valence-corrected chi connectivity index (χ0v) is 25.3. The van der Waals surface area contributed by atoms with Crippen LogP contribution >= 0.6 is 11.6 Å². The first-order valence-corrected chi connectivity index (χ1v) is 13.8. The van der Waals surface area contributed by atoms with Crippen molar-refractivity contribution in [2.45, 2.75) is 84.8 Å². The highest BCUT2D eigenvalue weighted by atomic mass is 35.5. The number of carbonyl (C=O) groups excluding carboxylic acids is 3. The Hall–Kier alpha value is -3.26. The van der Waals surface area contributed by atoms with E-state index >= 15 is 0 Å². The van der Waals surface area contributed by atoms with Crippen molar-refractivity contribution in [3.05, 3.63) is 52.1 Å². The predicted octanol–water partition coefficient (Wildman–Crippen LogP) is 5.85. The van der Waals surface area contributed by atoms with E-state index in [-0.39, 0.29) is 32.0 Å². The van der Waals surface area contributed by atoms with Crippen LogP contribution in [0.3, 0.4) is 0 Å². The highest BCUT2D eigenvalue weighted by Crippen LogP contribution is 2.44. The number of benzene rings is 2. The highest BCUT2D eigenvalue weighted by molar-refractivity contribution is 6.30. The number of hydrogen-bond donors (Lipinski definition) is 0. The first-order valence-electron chi connectivity index (χ1n) is 13.4. The number of fused-ring (bicyclic) bond motifs is 1. The second-order valence-electron chi connectivity index (χ2n) is 11.3. The number of hydrogen-bond acceptors (Lipinski definition) is 8. The molecule has 0 spiro atoms. The molecule has 218 valence electrons. The third kappa shape index (κ3) is 7.68. The van der Waals surface area contributed by atoms with E-state index in [4.69, 9.17) is 35.3 Å². The maximum Gasteiger partial charge on any atom is 0.344 e. The van der Waals surface area contributed by atoms with Gasteiger partial charge >= 0.3 is 11.9 Å². The standard InChI is InChI=1S/C31H39ClO8/c1-9-36-29(35)23(32)14-21-10-12-22(13-11-21)38-17-31(8)15-24(33)26-20(4)27(18(2)19(3)28(26)40-31)37-16-25(34)39-30(5,6)7/h10-13,23H,9,14-17H2,1-8H3. The van der Waals surface area contributed by atoms with Crippen LogP contribution in [0.5, 0.6) is 17.2 Å². The number of alkyl halides is 1. The Kier molecular flexibility index (Phi) is 9.77. The number of Topliss-reactive ketones (excluding diaryl/α,β-unsaturated/α-hetero) is 1. The quantitative estimate of drug-likeness (QED) is 0.257. The SMILES string of the molecule is CCOC(=O)C(Cl)Cc1ccc(OCC2(C)CC(=O)c3c(C)c(OCC(=O)OC(C)(C)C)c(C)c(C)c3O2)cc1. The molecule has 1 heterocycles. The van der Waals surface area contributed by atoms with Gasteiger partial charge in [-0.25, -0.2) is 4.79 Å². The molecule has 0 amide bonds. The van der Waals surface area contributed by atoms with Crippen molar-refractivity contribution in [2.24, 2.45) is 0 Å². The lowest BCUT2D eigenvalue weighted by molar-refractivity contribution is -0.157. The average molecular weight is 575 g/mol. The molecule has 0 fully saturated rings. The van der Waals surface area contributed by atoms with Crippen LogP contribution in [0.15, 0.2) is 24.3 Å². The third-order valence-electron chi connectivity index (χ3n) is 6.53. The molecular formula is C31H39ClO8. The van der Waals surface area contributed by atoms with Crippen LogP contribution in [0, 0.1) is 20.8 Å². The van der Waals surface area contributed by atoms with Crippen LogP contribution in [-0.2, 0) is 25.5 Å². The van der Waals surface area contributed by atoms with Gasteiger partial charge in [-0.15, -0.1) is 11.6 Å². The fraction of sp³-hybridized carbons (Fsp3) is 0.516.